The van der Waals surface area contributed by atoms with Crippen LogP contribution in [0.4, 0.5) is 0 Å². The lowest BCUT2D eigenvalue weighted by molar-refractivity contribution is 0.392. The summed E-state index contributed by atoms with van der Waals surface area (Å²) in [5, 5.41) is 12.8. The number of aromatic nitrogens is 4. The molecule has 52 valence electrons. The van der Waals surface area contributed by atoms with E-state index in [0.717, 1.165) is 0 Å². The van der Waals surface area contributed by atoms with E-state index in [-0.39, 0.29) is 0 Å². The van der Waals surface area contributed by atoms with Crippen molar-refractivity contribution < 1.29 is 9.05 Å². The lowest BCUT2D eigenvalue weighted by Gasteiger charge is -1.45. The topological polar surface area (TPSA) is 77.8 Å². The van der Waals surface area contributed by atoms with Gasteiger partial charge in [0.25, 0.3) is 0 Å². The van der Waals surface area contributed by atoms with Gasteiger partial charge < -0.3 is 9.05 Å². The minimum Gasteiger partial charge on any atom is -0.346 e. The van der Waals surface area contributed by atoms with Crippen molar-refractivity contribution in [2.45, 2.75) is 0 Å². The van der Waals surface area contributed by atoms with Gasteiger partial charge in [-0.1, -0.05) is 0 Å². The van der Waals surface area contributed by atoms with E-state index >= 15 is 0 Å². The third-order valence-electron chi connectivity index (χ3n) is 0.565. The van der Waals surface area contributed by atoms with Gasteiger partial charge in [-0.25, -0.2) is 0 Å². The molecule has 10 heavy (non-hydrogen) atoms. The molecule has 0 bridgehead atoms. The highest BCUT2D eigenvalue weighted by atomic mass is 16.5. The molecule has 0 atom stereocenters. The maximum atomic E-state index is 4.22. The molecule has 6 heteroatoms. The first kappa shape index (κ1) is 6.40. The predicted octanol–water partition coefficient (Wildman–Crippen LogP) is 0.139. The molecular formula is C4H4N4O2. The van der Waals surface area contributed by atoms with Crippen LogP contribution in [0.1, 0.15) is 0 Å². The van der Waals surface area contributed by atoms with Gasteiger partial charge in [-0.15, -0.1) is 10.2 Å². The summed E-state index contributed by atoms with van der Waals surface area (Å²) < 4.78 is 8.44. The minimum atomic E-state index is 1.40. The van der Waals surface area contributed by atoms with Crippen molar-refractivity contribution in [2.75, 3.05) is 0 Å². The molecule has 2 aromatic rings. The standard InChI is InChI=1S/2C2H2N2O/c2*1-2-5-4-3-1/h2*1-2H. The first-order valence-electron chi connectivity index (χ1n) is 2.42. The summed E-state index contributed by atoms with van der Waals surface area (Å²) in [6, 6.07) is 0. The van der Waals surface area contributed by atoms with E-state index in [1.165, 1.54) is 24.9 Å². The monoisotopic (exact) mass is 140 g/mol. The van der Waals surface area contributed by atoms with Gasteiger partial charge in [0.15, 0.2) is 0 Å². The highest BCUT2D eigenvalue weighted by Gasteiger charge is 1.62. The zero-order chi connectivity index (χ0) is 7.07. The average molecular weight is 140 g/mol. The molecule has 0 saturated heterocycles. The fraction of sp³-hybridized carbons (Fsp3) is 0. The van der Waals surface area contributed by atoms with E-state index in [4.69, 9.17) is 0 Å². The molecule has 0 saturated carbocycles. The summed E-state index contributed by atoms with van der Waals surface area (Å²) in [6.45, 7) is 0. The fourth-order valence-electron chi connectivity index (χ4n) is 0.272. The third-order valence-corrected chi connectivity index (χ3v) is 0.565. The Morgan fingerprint density at radius 1 is 0.800 bits per heavy atom. The molecular weight excluding hydrogens is 136 g/mol. The number of hydrogen-bond acceptors (Lipinski definition) is 6. The van der Waals surface area contributed by atoms with Gasteiger partial charge in [-0.3, -0.25) is 0 Å². The van der Waals surface area contributed by atoms with Crippen molar-refractivity contribution in [2.24, 2.45) is 0 Å². The average Bonchev–Trinajstić information content (AvgIpc) is 2.67. The molecule has 0 spiro atoms. The largest absolute Gasteiger partial charge is 0.346 e. The van der Waals surface area contributed by atoms with Crippen LogP contribution in [0.25, 0.3) is 0 Å². The second-order valence-electron chi connectivity index (χ2n) is 1.18. The van der Waals surface area contributed by atoms with Crippen molar-refractivity contribution in [1.82, 2.24) is 20.7 Å². The van der Waals surface area contributed by atoms with E-state index in [9.17, 15) is 0 Å². The quantitative estimate of drug-likeness (QED) is 0.517. The molecule has 0 unspecified atom stereocenters. The Labute approximate surface area is 55.8 Å². The van der Waals surface area contributed by atoms with Crippen molar-refractivity contribution in [3.05, 3.63) is 24.9 Å². The molecule has 2 heterocycles. The van der Waals surface area contributed by atoms with Crippen molar-refractivity contribution >= 4 is 0 Å². The Hall–Kier alpha value is -1.72. The smallest absolute Gasteiger partial charge is 0.144 e. The predicted molar refractivity (Wildman–Crippen MR) is 28.6 cm³/mol. The molecule has 0 aliphatic heterocycles. The minimum absolute atomic E-state index is 1.40. The van der Waals surface area contributed by atoms with Crippen LogP contribution >= 0.6 is 0 Å². The van der Waals surface area contributed by atoms with Crippen LogP contribution in [0.3, 0.4) is 0 Å². The van der Waals surface area contributed by atoms with E-state index in [1.807, 2.05) is 0 Å². The molecule has 0 aliphatic carbocycles. The SMILES string of the molecule is c1conn1.c1conn1. The van der Waals surface area contributed by atoms with Gasteiger partial charge >= 0.3 is 0 Å². The summed E-state index contributed by atoms with van der Waals surface area (Å²) in [7, 11) is 0. The molecule has 0 amide bonds. The van der Waals surface area contributed by atoms with Gasteiger partial charge in [-0.05, 0) is 0 Å². The highest BCUT2D eigenvalue weighted by molar-refractivity contribution is 4.48. The Morgan fingerprint density at radius 2 is 1.30 bits per heavy atom. The molecule has 2 rings (SSSR count). The van der Waals surface area contributed by atoms with Gasteiger partial charge in [0.2, 0.25) is 0 Å². The lowest BCUT2D eigenvalue weighted by Crippen LogP contribution is -1.53. The zero-order valence-corrected chi connectivity index (χ0v) is 4.91. The fourth-order valence-corrected chi connectivity index (χ4v) is 0.272. The Bertz CT molecular complexity index is 154. The van der Waals surface area contributed by atoms with Gasteiger partial charge in [-0.2, -0.15) is 0 Å². The van der Waals surface area contributed by atoms with Crippen LogP contribution < -0.4 is 0 Å². The normalized spacial score (nSPS) is 8.00. The van der Waals surface area contributed by atoms with Gasteiger partial charge in [0, 0.05) is 10.5 Å². The van der Waals surface area contributed by atoms with Crippen molar-refractivity contribution in [1.29, 1.82) is 0 Å². The van der Waals surface area contributed by atoms with Crippen LogP contribution in [-0.4, -0.2) is 20.7 Å². The number of nitrogens with zero attached hydrogens (tertiary/aromatic N) is 4. The second kappa shape index (κ2) is 4.19. The summed E-state index contributed by atoms with van der Waals surface area (Å²) in [4.78, 5) is 0. The second-order valence-corrected chi connectivity index (χ2v) is 1.18. The van der Waals surface area contributed by atoms with E-state index in [0.29, 0.717) is 0 Å². The van der Waals surface area contributed by atoms with Crippen LogP contribution in [0.2, 0.25) is 0 Å². The summed E-state index contributed by atoms with van der Waals surface area (Å²) >= 11 is 0. The van der Waals surface area contributed by atoms with Crippen molar-refractivity contribution in [3.8, 4) is 0 Å². The van der Waals surface area contributed by atoms with Crippen LogP contribution in [0, 0.1) is 0 Å². The van der Waals surface area contributed by atoms with Crippen LogP contribution in [0.5, 0.6) is 0 Å². The summed E-state index contributed by atoms with van der Waals surface area (Å²) in [6.07, 6.45) is 5.75. The first-order valence-corrected chi connectivity index (χ1v) is 2.42. The summed E-state index contributed by atoms with van der Waals surface area (Å²) in [5.74, 6) is 0. The van der Waals surface area contributed by atoms with Crippen molar-refractivity contribution in [3.63, 3.8) is 0 Å². The third kappa shape index (κ3) is 2.55. The lowest BCUT2D eigenvalue weighted by atomic mass is 11.0. The first-order chi connectivity index (χ1) is 5.00. The molecule has 6 nitrogen and oxygen atoms in total. The molecule has 0 radical (unpaired) electrons. The molecule has 0 aliphatic rings. The van der Waals surface area contributed by atoms with E-state index in [1.54, 1.807) is 0 Å². The Morgan fingerprint density at radius 3 is 1.40 bits per heavy atom. The highest BCUT2D eigenvalue weighted by Crippen LogP contribution is 1.65. The number of rotatable bonds is 0. The molecule has 0 fully saturated rings. The molecule has 0 aromatic carbocycles. The van der Waals surface area contributed by atoms with Crippen LogP contribution in [0.15, 0.2) is 34.0 Å². The zero-order valence-electron chi connectivity index (χ0n) is 4.91. The molecule has 0 N–H and O–H groups in total. The van der Waals surface area contributed by atoms with E-state index < -0.39 is 0 Å². The maximum Gasteiger partial charge on any atom is 0.144 e. The maximum absolute atomic E-state index is 4.22. The summed E-state index contributed by atoms with van der Waals surface area (Å²) in [5.41, 5.74) is 0. The van der Waals surface area contributed by atoms with Gasteiger partial charge in [0.1, 0.15) is 12.5 Å². The number of hydrogen-bond donors (Lipinski definition) is 0. The van der Waals surface area contributed by atoms with Gasteiger partial charge in [0.05, 0.1) is 12.4 Å². The Balaban J connectivity index is 0.0000001000. The Kier molecular flexibility index (Phi) is 2.68. The van der Waals surface area contributed by atoms with E-state index in [2.05, 4.69) is 29.8 Å². The molecule has 2 aromatic heterocycles. The van der Waals surface area contributed by atoms with Crippen LogP contribution in [-0.2, 0) is 0 Å².